The molecule has 1 aliphatic rings. The van der Waals surface area contributed by atoms with Gasteiger partial charge in [-0.05, 0) is 48.5 Å². The van der Waals surface area contributed by atoms with E-state index in [0.717, 1.165) is 0 Å². The van der Waals surface area contributed by atoms with E-state index in [0.29, 0.717) is 57.5 Å². The van der Waals surface area contributed by atoms with Crippen LogP contribution in [0.2, 0.25) is 5.02 Å². The molecule has 0 bridgehead atoms. The summed E-state index contributed by atoms with van der Waals surface area (Å²) in [6, 6.07) is 18.7. The third-order valence-corrected chi connectivity index (χ3v) is 5.17. The molecule has 2 heterocycles. The van der Waals surface area contributed by atoms with Crippen LogP contribution < -0.4 is 14.8 Å². The number of amides is 1. The van der Waals surface area contributed by atoms with Gasteiger partial charge in [0, 0.05) is 21.5 Å². The van der Waals surface area contributed by atoms with Crippen LogP contribution in [-0.4, -0.2) is 24.9 Å². The fraction of sp³-hybridized carbons (Fsp3) is 0.0833. The Morgan fingerprint density at radius 2 is 1.65 bits per heavy atom. The van der Waals surface area contributed by atoms with Crippen molar-refractivity contribution in [1.29, 1.82) is 0 Å². The number of hydrogen-bond donors (Lipinski definition) is 1. The van der Waals surface area contributed by atoms with Crippen molar-refractivity contribution in [1.82, 2.24) is 0 Å². The Labute approximate surface area is 182 Å². The Balaban J connectivity index is 1.56. The predicted octanol–water partition coefficient (Wildman–Crippen LogP) is 5.34. The minimum atomic E-state index is -0.398. The number of ether oxygens (including phenoxy) is 2. The van der Waals surface area contributed by atoms with Gasteiger partial charge in [-0.2, -0.15) is 0 Å². The quantitative estimate of drug-likeness (QED) is 0.439. The molecule has 0 saturated heterocycles. The van der Waals surface area contributed by atoms with Gasteiger partial charge in [-0.3, -0.25) is 9.59 Å². The molecule has 0 saturated carbocycles. The monoisotopic (exact) mass is 433 g/mol. The van der Waals surface area contributed by atoms with E-state index >= 15 is 0 Å². The maximum Gasteiger partial charge on any atom is 0.255 e. The van der Waals surface area contributed by atoms with Crippen molar-refractivity contribution >= 4 is 39.9 Å². The molecule has 1 aromatic heterocycles. The Kier molecular flexibility index (Phi) is 4.84. The average molecular weight is 434 g/mol. The number of carbonyl (C=O) groups excluding carboxylic acids is 2. The molecule has 0 radical (unpaired) electrons. The zero-order valence-corrected chi connectivity index (χ0v) is 16.9. The van der Waals surface area contributed by atoms with E-state index in [4.69, 9.17) is 25.5 Å². The molecule has 0 spiro atoms. The van der Waals surface area contributed by atoms with Gasteiger partial charge in [0.05, 0.1) is 5.69 Å². The van der Waals surface area contributed by atoms with Crippen LogP contribution in [0.1, 0.15) is 26.5 Å². The first-order valence-corrected chi connectivity index (χ1v) is 10.0. The zero-order chi connectivity index (χ0) is 21.4. The first-order valence-electron chi connectivity index (χ1n) is 9.63. The third-order valence-electron chi connectivity index (χ3n) is 4.93. The van der Waals surface area contributed by atoms with Crippen molar-refractivity contribution in [3.8, 4) is 11.5 Å². The van der Waals surface area contributed by atoms with Gasteiger partial charge in [0.25, 0.3) is 5.91 Å². The summed E-state index contributed by atoms with van der Waals surface area (Å²) >= 11 is 6.01. The van der Waals surface area contributed by atoms with Gasteiger partial charge in [-0.25, -0.2) is 0 Å². The summed E-state index contributed by atoms with van der Waals surface area (Å²) in [7, 11) is 0. The van der Waals surface area contributed by atoms with Gasteiger partial charge in [-0.1, -0.05) is 29.8 Å². The van der Waals surface area contributed by atoms with E-state index in [-0.39, 0.29) is 11.5 Å². The summed E-state index contributed by atoms with van der Waals surface area (Å²) in [5.41, 5.74) is 1.53. The summed E-state index contributed by atoms with van der Waals surface area (Å²) in [6.45, 7) is 0.875. The van der Waals surface area contributed by atoms with Crippen molar-refractivity contribution in [3.05, 3.63) is 88.6 Å². The Morgan fingerprint density at radius 1 is 0.839 bits per heavy atom. The van der Waals surface area contributed by atoms with Crippen LogP contribution in [0.5, 0.6) is 11.5 Å². The first-order chi connectivity index (χ1) is 15.1. The number of hydrogen-bond acceptors (Lipinski definition) is 5. The molecule has 1 aliphatic heterocycles. The lowest BCUT2D eigenvalue weighted by Gasteiger charge is -2.18. The highest BCUT2D eigenvalue weighted by atomic mass is 35.5. The number of rotatable bonds is 4. The number of furan rings is 1. The molecule has 5 rings (SSSR count). The highest BCUT2D eigenvalue weighted by Crippen LogP contribution is 2.35. The summed E-state index contributed by atoms with van der Waals surface area (Å²) in [4.78, 5) is 26.2. The molecule has 0 unspecified atom stereocenters. The van der Waals surface area contributed by atoms with Crippen LogP contribution in [0.25, 0.3) is 11.0 Å². The molecule has 0 fully saturated rings. The number of anilines is 1. The number of para-hydroxylation sites is 1. The van der Waals surface area contributed by atoms with E-state index < -0.39 is 5.91 Å². The molecule has 31 heavy (non-hydrogen) atoms. The third kappa shape index (κ3) is 3.62. The highest BCUT2D eigenvalue weighted by Gasteiger charge is 2.25. The fourth-order valence-electron chi connectivity index (χ4n) is 3.46. The summed E-state index contributed by atoms with van der Waals surface area (Å²) in [5, 5.41) is 3.89. The number of ketones is 1. The zero-order valence-electron chi connectivity index (χ0n) is 16.2. The van der Waals surface area contributed by atoms with Crippen LogP contribution in [0.15, 0.2) is 71.1 Å². The van der Waals surface area contributed by atoms with Gasteiger partial charge in [0.15, 0.2) is 17.3 Å². The summed E-state index contributed by atoms with van der Waals surface area (Å²) < 4.78 is 17.0. The lowest BCUT2D eigenvalue weighted by Crippen LogP contribution is -2.16. The number of benzene rings is 3. The Bertz CT molecular complexity index is 1330. The molecule has 0 aliphatic carbocycles. The normalized spacial score (nSPS) is 12.5. The molecule has 3 aromatic carbocycles. The molecule has 7 heteroatoms. The van der Waals surface area contributed by atoms with E-state index in [1.807, 2.05) is 6.07 Å². The van der Waals surface area contributed by atoms with Crippen molar-refractivity contribution in [2.24, 2.45) is 0 Å². The maximum absolute atomic E-state index is 13.3. The summed E-state index contributed by atoms with van der Waals surface area (Å²) in [5.74, 6) is 0.340. The standard InChI is InChI=1S/C24H16ClNO5/c25-16-5-3-4-15(12-16)24(28)26-21-17-6-1-2-7-18(17)31-23(21)22(27)14-8-9-19-20(13-14)30-11-10-29-19/h1-9,12-13H,10-11H2,(H,26,28). The second kappa shape index (κ2) is 7.81. The summed E-state index contributed by atoms with van der Waals surface area (Å²) in [6.07, 6.45) is 0. The second-order valence-corrected chi connectivity index (χ2v) is 7.39. The van der Waals surface area contributed by atoms with E-state index in [1.165, 1.54) is 0 Å². The number of fused-ring (bicyclic) bond motifs is 2. The van der Waals surface area contributed by atoms with Crippen LogP contribution in [0, 0.1) is 0 Å². The topological polar surface area (TPSA) is 77.8 Å². The average Bonchev–Trinajstić information content (AvgIpc) is 3.16. The van der Waals surface area contributed by atoms with Gasteiger partial charge in [0.1, 0.15) is 18.8 Å². The van der Waals surface area contributed by atoms with Gasteiger partial charge < -0.3 is 19.2 Å². The van der Waals surface area contributed by atoms with Crippen LogP contribution >= 0.6 is 11.6 Å². The minimum Gasteiger partial charge on any atom is -0.486 e. The van der Waals surface area contributed by atoms with Crippen molar-refractivity contribution in [2.75, 3.05) is 18.5 Å². The minimum absolute atomic E-state index is 0.0354. The smallest absolute Gasteiger partial charge is 0.255 e. The number of nitrogens with one attached hydrogen (secondary N) is 1. The van der Waals surface area contributed by atoms with Crippen molar-refractivity contribution < 1.29 is 23.5 Å². The Hall–Kier alpha value is -3.77. The highest BCUT2D eigenvalue weighted by molar-refractivity contribution is 6.31. The molecule has 1 N–H and O–H groups in total. The molecule has 0 atom stereocenters. The molecule has 154 valence electrons. The van der Waals surface area contributed by atoms with Gasteiger partial charge >= 0.3 is 0 Å². The fourth-order valence-corrected chi connectivity index (χ4v) is 3.65. The molecule has 6 nitrogen and oxygen atoms in total. The van der Waals surface area contributed by atoms with Crippen LogP contribution in [0.4, 0.5) is 5.69 Å². The van der Waals surface area contributed by atoms with E-state index in [2.05, 4.69) is 5.32 Å². The maximum atomic E-state index is 13.3. The molecular weight excluding hydrogens is 418 g/mol. The Morgan fingerprint density at radius 3 is 2.48 bits per heavy atom. The van der Waals surface area contributed by atoms with Gasteiger partial charge in [-0.15, -0.1) is 0 Å². The number of halogens is 1. The SMILES string of the molecule is O=C(Nc1c(C(=O)c2ccc3c(c2)OCCO3)oc2ccccc12)c1cccc(Cl)c1. The molecule has 1 amide bonds. The molecular formula is C24H16ClNO5. The lowest BCUT2D eigenvalue weighted by atomic mass is 10.1. The molecule has 4 aromatic rings. The van der Waals surface area contributed by atoms with Crippen molar-refractivity contribution in [2.45, 2.75) is 0 Å². The van der Waals surface area contributed by atoms with Crippen molar-refractivity contribution in [3.63, 3.8) is 0 Å². The van der Waals surface area contributed by atoms with E-state index in [1.54, 1.807) is 60.7 Å². The predicted molar refractivity (Wildman–Crippen MR) is 116 cm³/mol. The van der Waals surface area contributed by atoms with Crippen LogP contribution in [0.3, 0.4) is 0 Å². The van der Waals surface area contributed by atoms with E-state index in [9.17, 15) is 9.59 Å². The number of carbonyl (C=O) groups is 2. The lowest BCUT2D eigenvalue weighted by molar-refractivity contribution is 0.101. The van der Waals surface area contributed by atoms with Gasteiger partial charge in [0.2, 0.25) is 5.78 Å². The first kappa shape index (κ1) is 19.2. The van der Waals surface area contributed by atoms with Crippen LogP contribution in [-0.2, 0) is 0 Å². The second-order valence-electron chi connectivity index (χ2n) is 6.95. The largest absolute Gasteiger partial charge is 0.486 e.